The van der Waals surface area contributed by atoms with Crippen LogP contribution >= 0.6 is 11.8 Å². The average molecular weight is 280 g/mol. The van der Waals surface area contributed by atoms with Gasteiger partial charge in [0.2, 0.25) is 0 Å². The molecular formula is C8H12N2O5S2. The number of rotatable bonds is 2. The number of aliphatic hydroxyl groups is 1. The van der Waals surface area contributed by atoms with Crippen molar-refractivity contribution in [3.63, 3.8) is 0 Å². The molecule has 1 amide bonds. The minimum Gasteiger partial charge on any atom is -0.393 e. The van der Waals surface area contributed by atoms with Gasteiger partial charge in [-0.15, -0.1) is 11.8 Å². The van der Waals surface area contributed by atoms with Gasteiger partial charge >= 0.3 is 10.2 Å². The molecule has 0 unspecified atom stereocenters. The largest absolute Gasteiger partial charge is 0.393 e. The summed E-state index contributed by atoms with van der Waals surface area (Å²) >= 11 is 1.33. The van der Waals surface area contributed by atoms with E-state index in [1.807, 2.05) is 4.72 Å². The Kier molecular flexibility index (Phi) is 3.34. The number of hydrogen-bond donors (Lipinski definition) is 2. The van der Waals surface area contributed by atoms with Gasteiger partial charge in [-0.1, -0.05) is 0 Å². The van der Waals surface area contributed by atoms with Crippen molar-refractivity contribution in [3.05, 3.63) is 11.8 Å². The summed E-state index contributed by atoms with van der Waals surface area (Å²) in [5.74, 6) is -0.227. The monoisotopic (exact) mass is 280 g/mol. The van der Waals surface area contributed by atoms with Crippen molar-refractivity contribution in [2.24, 2.45) is 0 Å². The molecule has 96 valence electrons. The molecule has 7 nitrogen and oxygen atoms in total. The van der Waals surface area contributed by atoms with Crippen molar-refractivity contribution in [2.75, 3.05) is 12.4 Å². The van der Waals surface area contributed by atoms with E-state index >= 15 is 0 Å². The first kappa shape index (κ1) is 12.7. The van der Waals surface area contributed by atoms with Crippen LogP contribution in [0.15, 0.2) is 11.8 Å². The Morgan fingerprint density at radius 1 is 1.71 bits per heavy atom. The van der Waals surface area contributed by atoms with Crippen LogP contribution in [0.5, 0.6) is 0 Å². The van der Waals surface area contributed by atoms with Gasteiger partial charge in [0, 0.05) is 17.5 Å². The third-order valence-corrected chi connectivity index (χ3v) is 4.79. The topological polar surface area (TPSA) is 95.9 Å². The Morgan fingerprint density at radius 3 is 3.00 bits per heavy atom. The molecule has 0 aromatic carbocycles. The fraction of sp³-hybridized carbons (Fsp3) is 0.625. The highest BCUT2D eigenvalue weighted by molar-refractivity contribution is 8.00. The van der Waals surface area contributed by atoms with Crippen LogP contribution in [0.1, 0.15) is 6.92 Å². The Labute approximate surface area is 103 Å². The number of nitrogens with one attached hydrogen (secondary N) is 1. The Morgan fingerprint density at radius 2 is 2.41 bits per heavy atom. The van der Waals surface area contributed by atoms with E-state index in [2.05, 4.69) is 0 Å². The average Bonchev–Trinajstić information content (AvgIpc) is 2.71. The molecule has 2 aliphatic heterocycles. The van der Waals surface area contributed by atoms with Gasteiger partial charge in [0.25, 0.3) is 5.91 Å². The van der Waals surface area contributed by atoms with Gasteiger partial charge in [0.1, 0.15) is 5.44 Å². The zero-order valence-electron chi connectivity index (χ0n) is 8.99. The van der Waals surface area contributed by atoms with Crippen LogP contribution in [0, 0.1) is 0 Å². The van der Waals surface area contributed by atoms with Crippen molar-refractivity contribution in [1.82, 2.24) is 9.03 Å². The predicted octanol–water partition coefficient (Wildman–Crippen LogP) is -1.03. The van der Waals surface area contributed by atoms with Gasteiger partial charge in [0.15, 0.2) is 6.23 Å². The van der Waals surface area contributed by atoms with Crippen molar-refractivity contribution in [1.29, 1.82) is 0 Å². The predicted molar refractivity (Wildman–Crippen MR) is 60.9 cm³/mol. The second-order valence-corrected chi connectivity index (χ2v) is 6.38. The quantitative estimate of drug-likeness (QED) is 0.672. The number of aliphatic hydroxyl groups excluding tert-OH is 1. The normalized spacial score (nSPS) is 32.2. The SMILES string of the molecule is CC1=CN([C@H]2CS[C@@H](CO)O2)S(=O)(=O)NC1=O. The van der Waals surface area contributed by atoms with E-state index in [0.29, 0.717) is 11.3 Å². The summed E-state index contributed by atoms with van der Waals surface area (Å²) in [5.41, 5.74) is -0.137. The minimum atomic E-state index is -3.88. The number of ether oxygens (including phenoxy) is 1. The zero-order valence-corrected chi connectivity index (χ0v) is 10.6. The van der Waals surface area contributed by atoms with Gasteiger partial charge < -0.3 is 9.84 Å². The molecule has 0 spiro atoms. The van der Waals surface area contributed by atoms with Crippen LogP contribution in [-0.2, 0) is 19.7 Å². The minimum absolute atomic E-state index is 0.176. The molecule has 0 aromatic heterocycles. The molecule has 0 aromatic rings. The number of hydrogen-bond acceptors (Lipinski definition) is 6. The lowest BCUT2D eigenvalue weighted by Gasteiger charge is -2.29. The number of carbonyl (C=O) groups is 1. The highest BCUT2D eigenvalue weighted by Crippen LogP contribution is 2.29. The third-order valence-electron chi connectivity index (χ3n) is 2.34. The van der Waals surface area contributed by atoms with E-state index in [0.717, 1.165) is 4.31 Å². The lowest BCUT2D eigenvalue weighted by molar-refractivity contribution is -0.116. The number of carbonyl (C=O) groups excluding carboxylic acids is 1. The van der Waals surface area contributed by atoms with Crippen molar-refractivity contribution < 1.29 is 23.1 Å². The van der Waals surface area contributed by atoms with E-state index < -0.39 is 27.8 Å². The summed E-state index contributed by atoms with van der Waals surface area (Å²) < 4.78 is 31.7. The lowest BCUT2D eigenvalue weighted by atomic mass is 10.3. The second kappa shape index (κ2) is 4.48. The van der Waals surface area contributed by atoms with E-state index in [1.165, 1.54) is 24.9 Å². The molecule has 0 saturated carbocycles. The summed E-state index contributed by atoms with van der Waals surface area (Å²) in [6.45, 7) is 1.34. The number of nitrogens with zero attached hydrogens (tertiary/aromatic N) is 1. The molecule has 0 bridgehead atoms. The Bertz CT molecular complexity index is 461. The van der Waals surface area contributed by atoms with Gasteiger partial charge in [-0.05, 0) is 6.92 Å². The third kappa shape index (κ3) is 2.41. The highest BCUT2D eigenvalue weighted by atomic mass is 32.2. The molecule has 17 heavy (non-hydrogen) atoms. The molecule has 2 heterocycles. The first-order valence-corrected chi connectivity index (χ1v) is 7.35. The fourth-order valence-corrected chi connectivity index (χ4v) is 3.74. The highest BCUT2D eigenvalue weighted by Gasteiger charge is 2.38. The molecule has 2 aliphatic rings. The van der Waals surface area contributed by atoms with E-state index in [1.54, 1.807) is 0 Å². The first-order chi connectivity index (χ1) is 7.94. The van der Waals surface area contributed by atoms with Crippen LogP contribution in [0.4, 0.5) is 0 Å². The van der Waals surface area contributed by atoms with Crippen LogP contribution in [0.3, 0.4) is 0 Å². The summed E-state index contributed by atoms with van der Waals surface area (Å²) in [6, 6.07) is 0. The van der Waals surface area contributed by atoms with Crippen molar-refractivity contribution >= 4 is 27.9 Å². The maximum absolute atomic E-state index is 11.7. The second-order valence-electron chi connectivity index (χ2n) is 3.61. The van der Waals surface area contributed by atoms with Crippen LogP contribution in [0.25, 0.3) is 0 Å². The summed E-state index contributed by atoms with van der Waals surface area (Å²) in [5, 5.41) is 8.91. The number of thioether (sulfide) groups is 1. The van der Waals surface area contributed by atoms with E-state index in [9.17, 15) is 13.2 Å². The van der Waals surface area contributed by atoms with E-state index in [4.69, 9.17) is 9.84 Å². The van der Waals surface area contributed by atoms with Crippen LogP contribution in [0.2, 0.25) is 0 Å². The van der Waals surface area contributed by atoms with Crippen LogP contribution in [-0.4, -0.2) is 47.8 Å². The molecule has 2 N–H and O–H groups in total. The van der Waals surface area contributed by atoms with Crippen molar-refractivity contribution in [2.45, 2.75) is 18.6 Å². The standard InChI is InChI=1S/C8H12N2O5S2/c1-5-2-10(17(13,14)9-8(5)12)6-4-16-7(3-11)15-6/h2,6-7,11H,3-4H2,1H3,(H,9,12)/t6-,7+/m1/s1. The molecule has 0 aliphatic carbocycles. The molecule has 1 saturated heterocycles. The van der Waals surface area contributed by atoms with Gasteiger partial charge in [0.05, 0.1) is 6.61 Å². The summed E-state index contributed by atoms with van der Waals surface area (Å²) in [6.07, 6.45) is 0.553. The Balaban J connectivity index is 2.23. The maximum atomic E-state index is 11.7. The van der Waals surface area contributed by atoms with E-state index in [-0.39, 0.29) is 6.61 Å². The number of amides is 1. The first-order valence-electron chi connectivity index (χ1n) is 4.86. The Hall–Kier alpha value is -0.770. The molecule has 2 rings (SSSR count). The summed E-state index contributed by atoms with van der Waals surface area (Å²) in [7, 11) is -3.88. The fourth-order valence-electron chi connectivity index (χ4n) is 1.48. The van der Waals surface area contributed by atoms with Gasteiger partial charge in [-0.2, -0.15) is 8.42 Å². The van der Waals surface area contributed by atoms with Gasteiger partial charge in [-0.3, -0.25) is 4.79 Å². The molecule has 2 atom stereocenters. The molecule has 1 fully saturated rings. The van der Waals surface area contributed by atoms with Gasteiger partial charge in [-0.25, -0.2) is 9.03 Å². The smallest absolute Gasteiger partial charge is 0.328 e. The zero-order chi connectivity index (χ0) is 12.6. The summed E-state index contributed by atoms with van der Waals surface area (Å²) in [4.78, 5) is 11.2. The molecule has 0 radical (unpaired) electrons. The lowest BCUT2D eigenvalue weighted by Crippen LogP contribution is -2.50. The van der Waals surface area contributed by atoms with Crippen LogP contribution < -0.4 is 4.72 Å². The molecular weight excluding hydrogens is 268 g/mol. The molecule has 9 heteroatoms. The van der Waals surface area contributed by atoms with Crippen molar-refractivity contribution in [3.8, 4) is 0 Å². The maximum Gasteiger partial charge on any atom is 0.328 e.